The van der Waals surface area contributed by atoms with Crippen LogP contribution in [0.5, 0.6) is 11.8 Å². The molecule has 9 heteroatoms. The van der Waals surface area contributed by atoms with Crippen LogP contribution in [0.25, 0.3) is 0 Å². The number of nitrogens with one attached hydrogen (secondary N) is 1. The zero-order chi connectivity index (χ0) is 14.4. The van der Waals surface area contributed by atoms with Gasteiger partial charge in [0.05, 0.1) is 20.3 Å². The second-order valence-corrected chi connectivity index (χ2v) is 3.46. The number of carboxylic acids is 1. The van der Waals surface area contributed by atoms with E-state index in [2.05, 4.69) is 15.3 Å². The van der Waals surface area contributed by atoms with Gasteiger partial charge in [-0.15, -0.1) is 0 Å². The molecule has 19 heavy (non-hydrogen) atoms. The number of urea groups is 1. The number of rotatable bonds is 5. The molecule has 2 N–H and O–H groups in total. The molecule has 1 aromatic rings. The van der Waals surface area contributed by atoms with E-state index in [4.69, 9.17) is 14.6 Å². The van der Waals surface area contributed by atoms with Gasteiger partial charge in [0, 0.05) is 7.05 Å². The molecule has 0 spiro atoms. The first-order valence-electron chi connectivity index (χ1n) is 5.17. The number of aromatic nitrogens is 2. The van der Waals surface area contributed by atoms with Crippen LogP contribution in [0.3, 0.4) is 0 Å². The summed E-state index contributed by atoms with van der Waals surface area (Å²) in [5.41, 5.74) is 0. The van der Waals surface area contributed by atoms with Gasteiger partial charge in [-0.25, -0.2) is 4.79 Å². The molecule has 0 aliphatic rings. The van der Waals surface area contributed by atoms with Gasteiger partial charge >= 0.3 is 12.0 Å². The van der Waals surface area contributed by atoms with E-state index in [0.717, 1.165) is 4.90 Å². The summed E-state index contributed by atoms with van der Waals surface area (Å²) in [7, 11) is 4.15. The van der Waals surface area contributed by atoms with Crippen LogP contribution in [0.4, 0.5) is 10.7 Å². The third-order valence-corrected chi connectivity index (χ3v) is 2.04. The van der Waals surface area contributed by atoms with E-state index in [1.54, 1.807) is 0 Å². The number of carboxylic acid groups (broad SMARTS) is 1. The van der Waals surface area contributed by atoms with Crippen molar-refractivity contribution in [3.8, 4) is 11.8 Å². The summed E-state index contributed by atoms with van der Waals surface area (Å²) >= 11 is 0. The molecule has 0 aromatic carbocycles. The Morgan fingerprint density at radius 3 is 2.26 bits per heavy atom. The summed E-state index contributed by atoms with van der Waals surface area (Å²) in [5, 5.41) is 10.9. The fourth-order valence-corrected chi connectivity index (χ4v) is 1.13. The van der Waals surface area contributed by atoms with Crippen molar-refractivity contribution in [3.63, 3.8) is 0 Å². The number of likely N-dealkylation sites (N-methyl/N-ethyl adjacent to an activating group) is 1. The molecule has 9 nitrogen and oxygen atoms in total. The van der Waals surface area contributed by atoms with Crippen LogP contribution in [0, 0.1) is 0 Å². The average molecular weight is 270 g/mol. The van der Waals surface area contributed by atoms with Gasteiger partial charge in [0.25, 0.3) is 0 Å². The molecule has 0 aliphatic heterocycles. The maximum absolute atomic E-state index is 11.6. The summed E-state index contributed by atoms with van der Waals surface area (Å²) < 4.78 is 9.83. The summed E-state index contributed by atoms with van der Waals surface area (Å²) in [6.07, 6.45) is 0. The lowest BCUT2D eigenvalue weighted by Crippen LogP contribution is -2.35. The van der Waals surface area contributed by atoms with Gasteiger partial charge in [-0.3, -0.25) is 10.1 Å². The van der Waals surface area contributed by atoms with E-state index < -0.39 is 18.5 Å². The maximum atomic E-state index is 11.6. The van der Waals surface area contributed by atoms with Gasteiger partial charge < -0.3 is 19.5 Å². The lowest BCUT2D eigenvalue weighted by Gasteiger charge is -2.15. The summed E-state index contributed by atoms with van der Waals surface area (Å²) in [4.78, 5) is 30.8. The number of ether oxygens (including phenoxy) is 2. The zero-order valence-electron chi connectivity index (χ0n) is 10.7. The Kier molecular flexibility index (Phi) is 4.86. The summed E-state index contributed by atoms with van der Waals surface area (Å²) in [6, 6.07) is 0.786. The minimum absolute atomic E-state index is 0.0431. The predicted molar refractivity (Wildman–Crippen MR) is 64.4 cm³/mol. The SMILES string of the molecule is COc1cc(OC)nc(NC(=O)N(C)CC(=O)O)n1. The summed E-state index contributed by atoms with van der Waals surface area (Å²) in [6.45, 7) is -0.438. The molecule has 1 aromatic heterocycles. The maximum Gasteiger partial charge on any atom is 0.324 e. The van der Waals surface area contributed by atoms with Gasteiger partial charge in [0.15, 0.2) is 0 Å². The highest BCUT2D eigenvalue weighted by atomic mass is 16.5. The molecule has 0 saturated carbocycles. The fourth-order valence-electron chi connectivity index (χ4n) is 1.13. The van der Waals surface area contributed by atoms with Crippen LogP contribution in [0.2, 0.25) is 0 Å². The fraction of sp³-hybridized carbons (Fsp3) is 0.400. The third kappa shape index (κ3) is 4.30. The van der Waals surface area contributed by atoms with Crippen LogP contribution in [-0.2, 0) is 4.79 Å². The smallest absolute Gasteiger partial charge is 0.324 e. The van der Waals surface area contributed by atoms with Gasteiger partial charge in [0.1, 0.15) is 6.54 Å². The van der Waals surface area contributed by atoms with Crippen molar-refractivity contribution in [3.05, 3.63) is 6.07 Å². The number of carbonyl (C=O) groups excluding carboxylic acids is 1. The molecule has 0 saturated heterocycles. The second-order valence-electron chi connectivity index (χ2n) is 3.46. The first-order valence-corrected chi connectivity index (χ1v) is 5.17. The van der Waals surface area contributed by atoms with Crippen molar-refractivity contribution in [2.45, 2.75) is 0 Å². The van der Waals surface area contributed by atoms with E-state index >= 15 is 0 Å². The van der Waals surface area contributed by atoms with Crippen molar-refractivity contribution in [1.29, 1.82) is 0 Å². The standard InChI is InChI=1S/C10H14N4O5/c1-14(5-8(15)16)10(17)13-9-11-6(18-2)4-7(12-9)19-3/h4H,5H2,1-3H3,(H,15,16)(H,11,12,13,17). The zero-order valence-corrected chi connectivity index (χ0v) is 10.7. The van der Waals surface area contributed by atoms with Crippen molar-refractivity contribution in [2.24, 2.45) is 0 Å². The largest absolute Gasteiger partial charge is 0.481 e. The molecule has 0 radical (unpaired) electrons. The molecule has 104 valence electrons. The Balaban J connectivity index is 2.80. The van der Waals surface area contributed by atoms with E-state index in [1.165, 1.54) is 27.3 Å². The molecule has 1 heterocycles. The van der Waals surface area contributed by atoms with Crippen molar-refractivity contribution in [2.75, 3.05) is 33.1 Å². The topological polar surface area (TPSA) is 114 Å². The minimum atomic E-state index is -1.12. The average Bonchev–Trinajstić information content (AvgIpc) is 2.37. The van der Waals surface area contributed by atoms with E-state index in [9.17, 15) is 9.59 Å². The first kappa shape index (κ1) is 14.5. The van der Waals surface area contributed by atoms with Gasteiger partial charge in [-0.2, -0.15) is 9.97 Å². The Bertz CT molecular complexity index is 457. The van der Waals surface area contributed by atoms with Crippen LogP contribution >= 0.6 is 0 Å². The second kappa shape index (κ2) is 6.38. The Labute approximate surface area is 109 Å². The Morgan fingerprint density at radius 1 is 1.32 bits per heavy atom. The first-order chi connectivity index (χ1) is 8.96. The third-order valence-electron chi connectivity index (χ3n) is 2.04. The highest BCUT2D eigenvalue weighted by Gasteiger charge is 2.14. The lowest BCUT2D eigenvalue weighted by molar-refractivity contribution is -0.137. The quantitative estimate of drug-likeness (QED) is 0.776. The predicted octanol–water partition coefficient (Wildman–Crippen LogP) is 0.0421. The Morgan fingerprint density at radius 2 is 1.84 bits per heavy atom. The van der Waals surface area contributed by atoms with Gasteiger partial charge in [-0.1, -0.05) is 0 Å². The normalized spacial score (nSPS) is 9.63. The molecule has 0 aliphatic carbocycles. The minimum Gasteiger partial charge on any atom is -0.481 e. The van der Waals surface area contributed by atoms with Crippen molar-refractivity contribution < 1.29 is 24.2 Å². The van der Waals surface area contributed by atoms with Gasteiger partial charge in [-0.05, 0) is 0 Å². The number of carbonyl (C=O) groups is 2. The number of anilines is 1. The molecule has 0 atom stereocenters. The molecule has 0 fully saturated rings. The number of aliphatic carboxylic acids is 1. The highest BCUT2D eigenvalue weighted by Crippen LogP contribution is 2.17. The lowest BCUT2D eigenvalue weighted by atomic mass is 10.5. The number of nitrogens with zero attached hydrogens (tertiary/aromatic N) is 3. The Hall–Kier alpha value is -2.58. The monoisotopic (exact) mass is 270 g/mol. The van der Waals surface area contributed by atoms with Crippen LogP contribution in [0.15, 0.2) is 6.07 Å². The van der Waals surface area contributed by atoms with Crippen LogP contribution in [-0.4, -0.2) is 59.8 Å². The van der Waals surface area contributed by atoms with Gasteiger partial charge in [0.2, 0.25) is 17.7 Å². The van der Waals surface area contributed by atoms with E-state index in [1.807, 2.05) is 0 Å². The number of hydrogen-bond donors (Lipinski definition) is 2. The number of methoxy groups -OCH3 is 2. The van der Waals surface area contributed by atoms with E-state index in [-0.39, 0.29) is 17.7 Å². The van der Waals surface area contributed by atoms with Crippen LogP contribution in [0.1, 0.15) is 0 Å². The number of hydrogen-bond acceptors (Lipinski definition) is 6. The molecule has 0 unspecified atom stereocenters. The van der Waals surface area contributed by atoms with E-state index in [0.29, 0.717) is 0 Å². The van der Waals surface area contributed by atoms with Crippen molar-refractivity contribution in [1.82, 2.24) is 14.9 Å². The number of amides is 2. The molecule has 0 bridgehead atoms. The van der Waals surface area contributed by atoms with Crippen molar-refractivity contribution >= 4 is 17.9 Å². The highest BCUT2D eigenvalue weighted by molar-refractivity contribution is 5.89. The molecular formula is C10H14N4O5. The van der Waals surface area contributed by atoms with Crippen LogP contribution < -0.4 is 14.8 Å². The molecular weight excluding hydrogens is 256 g/mol. The molecule has 1 rings (SSSR count). The molecule has 2 amide bonds. The summed E-state index contributed by atoms with van der Waals surface area (Å²) in [5.74, 6) is -0.744.